The van der Waals surface area contributed by atoms with Gasteiger partial charge in [-0.15, -0.1) is 0 Å². The highest BCUT2D eigenvalue weighted by atomic mass is 32.2. The maximum atomic E-state index is 10.8. The van der Waals surface area contributed by atoms with Crippen LogP contribution < -0.4 is 4.72 Å². The number of hydrogen-bond donors (Lipinski definition) is 2. The van der Waals surface area contributed by atoms with Crippen molar-refractivity contribution in [2.45, 2.75) is 19.5 Å². The summed E-state index contributed by atoms with van der Waals surface area (Å²) in [4.78, 5) is 11.2. The second-order valence-corrected chi connectivity index (χ2v) is 7.12. The minimum absolute atomic E-state index is 0.623. The van der Waals surface area contributed by atoms with Crippen molar-refractivity contribution in [1.29, 1.82) is 0 Å². The van der Waals surface area contributed by atoms with Gasteiger partial charge in [0.15, 0.2) is 0 Å². The van der Waals surface area contributed by atoms with Crippen molar-refractivity contribution in [3.8, 4) is 0 Å². The van der Waals surface area contributed by atoms with Crippen molar-refractivity contribution in [3.63, 3.8) is 0 Å². The first-order valence-electron chi connectivity index (χ1n) is 8.62. The molecular weight excluding hydrogens is 364 g/mol. The van der Waals surface area contributed by atoms with Crippen LogP contribution in [0, 0.1) is 0 Å². The van der Waals surface area contributed by atoms with Gasteiger partial charge in [0, 0.05) is 51.1 Å². The van der Waals surface area contributed by atoms with Crippen LogP contribution in [0.15, 0.2) is 49.1 Å². The lowest BCUT2D eigenvalue weighted by atomic mass is 10.1. The van der Waals surface area contributed by atoms with Crippen molar-refractivity contribution < 1.29 is 8.76 Å². The third kappa shape index (κ3) is 5.49. The van der Waals surface area contributed by atoms with Crippen LogP contribution in [0.4, 0.5) is 5.69 Å². The van der Waals surface area contributed by atoms with Gasteiger partial charge in [-0.25, -0.2) is 14.2 Å². The van der Waals surface area contributed by atoms with Crippen LogP contribution in [0.2, 0.25) is 0 Å². The summed E-state index contributed by atoms with van der Waals surface area (Å²) >= 11 is -2.05. The number of benzene rings is 1. The molecule has 0 saturated heterocycles. The molecule has 0 saturated carbocycles. The molecular formula is C18H24N6O2S. The zero-order chi connectivity index (χ0) is 19.2. The lowest BCUT2D eigenvalue weighted by Crippen LogP contribution is -2.28. The second-order valence-electron chi connectivity index (χ2n) is 6.42. The Morgan fingerprint density at radius 1 is 1.04 bits per heavy atom. The predicted molar refractivity (Wildman–Crippen MR) is 105 cm³/mol. The fraction of sp³-hybridized carbons (Fsp3) is 0.333. The number of anilines is 1. The number of nitrogens with zero attached hydrogens (tertiary/aromatic N) is 5. The molecule has 1 aromatic carbocycles. The van der Waals surface area contributed by atoms with E-state index in [0.717, 1.165) is 43.3 Å². The predicted octanol–water partition coefficient (Wildman–Crippen LogP) is 1.95. The van der Waals surface area contributed by atoms with E-state index in [4.69, 9.17) is 4.55 Å². The quantitative estimate of drug-likeness (QED) is 0.547. The Labute approximate surface area is 161 Å². The van der Waals surface area contributed by atoms with Crippen LogP contribution in [-0.4, -0.2) is 39.3 Å². The molecule has 27 heavy (non-hydrogen) atoms. The molecule has 0 aliphatic heterocycles. The molecule has 1 unspecified atom stereocenters. The highest BCUT2D eigenvalue weighted by molar-refractivity contribution is 7.80. The third-order valence-corrected chi connectivity index (χ3v) is 4.86. The molecule has 0 aliphatic rings. The standard InChI is InChI=1S/C18H24N6O2S/c1-22-11-8-19-17(22)13-24(14-18-20-9-12-23(18)2)10-7-15-3-5-16(6-4-15)21-27(25)26/h3-6,8-9,11-12,21H,7,10,13-14H2,1-2H3,(H,25,26). The molecule has 1 atom stereocenters. The topological polar surface area (TPSA) is 88.2 Å². The monoisotopic (exact) mass is 388 g/mol. The van der Waals surface area contributed by atoms with Crippen molar-refractivity contribution in [3.05, 3.63) is 66.3 Å². The fourth-order valence-corrected chi connectivity index (χ4v) is 3.18. The summed E-state index contributed by atoms with van der Waals surface area (Å²) in [6.45, 7) is 2.32. The molecule has 144 valence electrons. The summed E-state index contributed by atoms with van der Waals surface area (Å²) in [6, 6.07) is 7.56. The van der Waals surface area contributed by atoms with E-state index >= 15 is 0 Å². The molecule has 9 heteroatoms. The molecule has 2 N–H and O–H groups in total. The molecule has 0 radical (unpaired) electrons. The number of hydrogen-bond acceptors (Lipinski definition) is 4. The molecule has 0 spiro atoms. The minimum atomic E-state index is -2.05. The maximum Gasteiger partial charge on any atom is 0.259 e. The van der Waals surface area contributed by atoms with E-state index in [1.807, 2.05) is 72.3 Å². The summed E-state index contributed by atoms with van der Waals surface area (Å²) in [6.07, 6.45) is 8.38. The molecule has 2 aromatic heterocycles. The smallest absolute Gasteiger partial charge is 0.259 e. The summed E-state index contributed by atoms with van der Waals surface area (Å²) in [5, 5.41) is 0. The normalized spacial score (nSPS) is 12.4. The number of imidazole rings is 2. The largest absolute Gasteiger partial charge is 0.337 e. The first-order valence-corrected chi connectivity index (χ1v) is 9.73. The first kappa shape index (κ1) is 19.3. The van der Waals surface area contributed by atoms with Crippen LogP contribution in [0.5, 0.6) is 0 Å². The summed E-state index contributed by atoms with van der Waals surface area (Å²) in [5.74, 6) is 2.02. The van der Waals surface area contributed by atoms with E-state index < -0.39 is 11.3 Å². The van der Waals surface area contributed by atoms with Gasteiger partial charge in [0.25, 0.3) is 11.3 Å². The van der Waals surface area contributed by atoms with Crippen molar-refractivity contribution in [1.82, 2.24) is 24.0 Å². The molecule has 0 amide bonds. The SMILES string of the molecule is Cn1ccnc1CN(CCc1ccc(NS(=O)O)cc1)Cc1nccn1C. The van der Waals surface area contributed by atoms with E-state index in [0.29, 0.717) is 5.69 Å². The molecule has 3 rings (SSSR count). The summed E-state index contributed by atoms with van der Waals surface area (Å²) in [7, 11) is 4.00. The number of aromatic nitrogens is 4. The third-order valence-electron chi connectivity index (χ3n) is 4.45. The minimum Gasteiger partial charge on any atom is -0.337 e. The van der Waals surface area contributed by atoms with Crippen molar-refractivity contribution in [2.75, 3.05) is 11.3 Å². The van der Waals surface area contributed by atoms with Gasteiger partial charge in [-0.05, 0) is 24.1 Å². The Hall–Kier alpha value is -2.49. The molecule has 8 nitrogen and oxygen atoms in total. The van der Waals surface area contributed by atoms with E-state index in [9.17, 15) is 4.21 Å². The maximum absolute atomic E-state index is 10.8. The molecule has 3 aromatic rings. The Morgan fingerprint density at radius 2 is 1.59 bits per heavy atom. The fourth-order valence-electron chi connectivity index (χ4n) is 2.84. The van der Waals surface area contributed by atoms with Gasteiger partial charge in [0.2, 0.25) is 0 Å². The van der Waals surface area contributed by atoms with Gasteiger partial charge in [0.05, 0.1) is 13.1 Å². The zero-order valence-electron chi connectivity index (χ0n) is 15.4. The van der Waals surface area contributed by atoms with Gasteiger partial charge in [-0.1, -0.05) is 12.1 Å². The van der Waals surface area contributed by atoms with Crippen LogP contribution >= 0.6 is 0 Å². The van der Waals surface area contributed by atoms with E-state index in [1.165, 1.54) is 0 Å². The summed E-state index contributed by atoms with van der Waals surface area (Å²) in [5.41, 5.74) is 1.78. The number of rotatable bonds is 9. The van der Waals surface area contributed by atoms with Crippen LogP contribution in [0.1, 0.15) is 17.2 Å². The number of nitrogens with one attached hydrogen (secondary N) is 1. The van der Waals surface area contributed by atoms with Crippen LogP contribution in [0.3, 0.4) is 0 Å². The molecule has 0 bridgehead atoms. The molecule has 2 heterocycles. The highest BCUT2D eigenvalue weighted by Crippen LogP contribution is 2.13. The Kier molecular flexibility index (Phi) is 6.38. The lowest BCUT2D eigenvalue weighted by Gasteiger charge is -2.22. The Balaban J connectivity index is 1.66. The number of aryl methyl sites for hydroxylation is 2. The van der Waals surface area contributed by atoms with E-state index in [2.05, 4.69) is 19.6 Å². The van der Waals surface area contributed by atoms with Gasteiger partial charge >= 0.3 is 0 Å². The van der Waals surface area contributed by atoms with E-state index in [1.54, 1.807) is 0 Å². The lowest BCUT2D eigenvalue weighted by molar-refractivity contribution is 0.242. The molecule has 0 fully saturated rings. The van der Waals surface area contributed by atoms with Crippen LogP contribution in [0.25, 0.3) is 0 Å². The van der Waals surface area contributed by atoms with Crippen LogP contribution in [-0.2, 0) is 44.9 Å². The van der Waals surface area contributed by atoms with Gasteiger partial charge in [0.1, 0.15) is 11.6 Å². The highest BCUT2D eigenvalue weighted by Gasteiger charge is 2.13. The summed E-state index contributed by atoms with van der Waals surface area (Å²) < 4.78 is 26.2. The Bertz CT molecular complexity index is 847. The van der Waals surface area contributed by atoms with Gasteiger partial charge < -0.3 is 9.13 Å². The molecule has 0 aliphatic carbocycles. The van der Waals surface area contributed by atoms with Gasteiger partial charge in [-0.2, -0.15) is 0 Å². The van der Waals surface area contributed by atoms with Crippen molar-refractivity contribution in [2.24, 2.45) is 14.1 Å². The van der Waals surface area contributed by atoms with Crippen molar-refractivity contribution >= 4 is 17.0 Å². The zero-order valence-corrected chi connectivity index (χ0v) is 16.3. The van der Waals surface area contributed by atoms with Gasteiger partial charge in [-0.3, -0.25) is 14.2 Å². The average molecular weight is 388 g/mol. The van der Waals surface area contributed by atoms with E-state index in [-0.39, 0.29) is 0 Å². The first-order chi connectivity index (χ1) is 13.0. The average Bonchev–Trinajstić information content (AvgIpc) is 3.22. The Morgan fingerprint density at radius 3 is 2.04 bits per heavy atom. The second kappa shape index (κ2) is 8.94.